The molecule has 2 unspecified atom stereocenters. The summed E-state index contributed by atoms with van der Waals surface area (Å²) in [5.74, 6) is 0.495. The Morgan fingerprint density at radius 1 is 1.42 bits per heavy atom. The van der Waals surface area contributed by atoms with Gasteiger partial charge in [0, 0.05) is 18.4 Å². The Labute approximate surface area is 112 Å². The van der Waals surface area contributed by atoms with Crippen LogP contribution in [0.15, 0.2) is 23.4 Å². The first-order valence-electron chi connectivity index (χ1n) is 6.80. The van der Waals surface area contributed by atoms with E-state index in [1.54, 1.807) is 18.6 Å². The van der Waals surface area contributed by atoms with Crippen molar-refractivity contribution in [3.05, 3.63) is 29.1 Å². The largest absolute Gasteiger partial charge is 0.350 e. The van der Waals surface area contributed by atoms with Gasteiger partial charge in [0.25, 0.3) is 0 Å². The van der Waals surface area contributed by atoms with Crippen LogP contribution in [0.25, 0.3) is 5.65 Å². The molecule has 0 saturated heterocycles. The lowest BCUT2D eigenvalue weighted by atomic mass is 9.99. The highest BCUT2D eigenvalue weighted by Gasteiger charge is 2.17. The zero-order valence-corrected chi connectivity index (χ0v) is 11.7. The molecule has 2 aromatic rings. The molecular weight excluding hydrogens is 242 g/mol. The Balaban J connectivity index is 2.28. The summed E-state index contributed by atoms with van der Waals surface area (Å²) in [5.41, 5.74) is 0.482. The Morgan fingerprint density at radius 3 is 2.84 bits per heavy atom. The standard InChI is InChI=1S/C13H21N5O/c1-4-10(3)11(15-5-2)9-18-13(19)17-7-6-14-8-12(17)16-18/h6-8,10-11,15H,4-5,9H2,1-3H3. The van der Waals surface area contributed by atoms with E-state index in [4.69, 9.17) is 0 Å². The molecule has 0 fully saturated rings. The van der Waals surface area contributed by atoms with E-state index in [0.717, 1.165) is 13.0 Å². The summed E-state index contributed by atoms with van der Waals surface area (Å²) < 4.78 is 3.04. The highest BCUT2D eigenvalue weighted by Crippen LogP contribution is 2.09. The summed E-state index contributed by atoms with van der Waals surface area (Å²) in [6.07, 6.45) is 5.91. The van der Waals surface area contributed by atoms with Crippen LogP contribution in [-0.2, 0) is 6.54 Å². The lowest BCUT2D eigenvalue weighted by Gasteiger charge is -2.23. The first-order valence-corrected chi connectivity index (χ1v) is 6.80. The fraction of sp³-hybridized carbons (Fsp3) is 0.615. The average molecular weight is 263 g/mol. The molecule has 0 aliphatic heterocycles. The molecule has 6 heteroatoms. The third-order valence-corrected chi connectivity index (χ3v) is 3.56. The van der Waals surface area contributed by atoms with Gasteiger partial charge in [-0.25, -0.2) is 13.9 Å². The minimum atomic E-state index is -0.108. The van der Waals surface area contributed by atoms with Crippen LogP contribution >= 0.6 is 0 Å². The van der Waals surface area contributed by atoms with Crippen molar-refractivity contribution in [2.75, 3.05) is 6.54 Å². The van der Waals surface area contributed by atoms with Crippen molar-refractivity contribution in [3.8, 4) is 0 Å². The van der Waals surface area contributed by atoms with E-state index in [1.807, 2.05) is 0 Å². The lowest BCUT2D eigenvalue weighted by Crippen LogP contribution is -2.41. The van der Waals surface area contributed by atoms with Crippen LogP contribution in [0.3, 0.4) is 0 Å². The van der Waals surface area contributed by atoms with E-state index in [9.17, 15) is 4.79 Å². The number of likely N-dealkylation sites (N-methyl/N-ethyl adjacent to an activating group) is 1. The topological polar surface area (TPSA) is 64.2 Å². The second-order valence-corrected chi connectivity index (χ2v) is 4.82. The lowest BCUT2D eigenvalue weighted by molar-refractivity contribution is 0.320. The molecule has 6 nitrogen and oxygen atoms in total. The van der Waals surface area contributed by atoms with Gasteiger partial charge in [-0.3, -0.25) is 4.98 Å². The van der Waals surface area contributed by atoms with E-state index in [0.29, 0.717) is 18.1 Å². The second kappa shape index (κ2) is 5.97. The third kappa shape index (κ3) is 2.84. The highest BCUT2D eigenvalue weighted by atomic mass is 16.2. The first kappa shape index (κ1) is 13.7. The van der Waals surface area contributed by atoms with E-state index < -0.39 is 0 Å². The van der Waals surface area contributed by atoms with Gasteiger partial charge >= 0.3 is 5.69 Å². The Bertz CT molecular complexity index is 588. The molecule has 2 rings (SSSR count). The van der Waals surface area contributed by atoms with Crippen molar-refractivity contribution >= 4 is 5.65 Å². The fourth-order valence-electron chi connectivity index (χ4n) is 2.18. The normalized spacial score (nSPS) is 14.7. The van der Waals surface area contributed by atoms with Crippen molar-refractivity contribution in [3.63, 3.8) is 0 Å². The van der Waals surface area contributed by atoms with Crippen LogP contribution < -0.4 is 11.0 Å². The summed E-state index contributed by atoms with van der Waals surface area (Å²) in [7, 11) is 0. The third-order valence-electron chi connectivity index (χ3n) is 3.56. The number of nitrogens with one attached hydrogen (secondary N) is 1. The van der Waals surface area contributed by atoms with E-state index in [-0.39, 0.29) is 11.7 Å². The van der Waals surface area contributed by atoms with Gasteiger partial charge in [-0.15, -0.1) is 5.10 Å². The molecule has 1 N–H and O–H groups in total. The zero-order valence-electron chi connectivity index (χ0n) is 11.7. The average Bonchev–Trinajstić information content (AvgIpc) is 2.75. The van der Waals surface area contributed by atoms with Gasteiger partial charge in [-0.05, 0) is 12.5 Å². The molecule has 0 spiro atoms. The summed E-state index contributed by atoms with van der Waals surface area (Å²) in [6, 6.07) is 0.255. The smallest absolute Gasteiger partial charge is 0.312 e. The van der Waals surface area contributed by atoms with Crippen LogP contribution in [0.1, 0.15) is 27.2 Å². The maximum absolute atomic E-state index is 12.2. The summed E-state index contributed by atoms with van der Waals surface area (Å²) in [4.78, 5) is 16.2. The molecule has 0 aliphatic rings. The van der Waals surface area contributed by atoms with Gasteiger partial charge in [0.1, 0.15) is 0 Å². The van der Waals surface area contributed by atoms with Crippen LogP contribution in [0.5, 0.6) is 0 Å². The summed E-state index contributed by atoms with van der Waals surface area (Å²) >= 11 is 0. The van der Waals surface area contributed by atoms with Crippen molar-refractivity contribution in [2.24, 2.45) is 5.92 Å². The van der Waals surface area contributed by atoms with Gasteiger partial charge in [0.05, 0.1) is 12.7 Å². The van der Waals surface area contributed by atoms with E-state index >= 15 is 0 Å². The molecule has 104 valence electrons. The summed E-state index contributed by atoms with van der Waals surface area (Å²) in [5, 5.41) is 7.74. The predicted octanol–water partition coefficient (Wildman–Crippen LogP) is 0.915. The Hall–Kier alpha value is -1.69. The van der Waals surface area contributed by atoms with Crippen LogP contribution in [-0.4, -0.2) is 31.8 Å². The minimum Gasteiger partial charge on any atom is -0.312 e. The summed E-state index contributed by atoms with van der Waals surface area (Å²) in [6.45, 7) is 7.90. The number of rotatable bonds is 6. The quantitative estimate of drug-likeness (QED) is 0.841. The minimum absolute atomic E-state index is 0.108. The van der Waals surface area contributed by atoms with Crippen molar-refractivity contribution in [1.29, 1.82) is 0 Å². The molecule has 0 aliphatic carbocycles. The number of fused-ring (bicyclic) bond motifs is 1. The fourth-order valence-corrected chi connectivity index (χ4v) is 2.18. The molecule has 0 aromatic carbocycles. The molecule has 0 radical (unpaired) electrons. The number of aromatic nitrogens is 4. The second-order valence-electron chi connectivity index (χ2n) is 4.82. The maximum Gasteiger partial charge on any atom is 0.350 e. The Kier molecular flexibility index (Phi) is 4.31. The van der Waals surface area contributed by atoms with Gasteiger partial charge in [0.15, 0.2) is 5.65 Å². The number of hydrogen-bond donors (Lipinski definition) is 1. The van der Waals surface area contributed by atoms with Crippen molar-refractivity contribution < 1.29 is 0 Å². The molecule has 0 bridgehead atoms. The molecule has 2 aromatic heterocycles. The molecule has 2 heterocycles. The van der Waals surface area contributed by atoms with Crippen molar-refractivity contribution in [1.82, 2.24) is 24.5 Å². The first-order chi connectivity index (χ1) is 9.17. The molecule has 2 atom stereocenters. The predicted molar refractivity (Wildman–Crippen MR) is 74.2 cm³/mol. The van der Waals surface area contributed by atoms with E-state index in [2.05, 4.69) is 36.2 Å². The highest BCUT2D eigenvalue weighted by molar-refractivity contribution is 5.31. The Morgan fingerprint density at radius 2 is 2.21 bits per heavy atom. The zero-order chi connectivity index (χ0) is 13.8. The maximum atomic E-state index is 12.2. The van der Waals surface area contributed by atoms with Crippen LogP contribution in [0, 0.1) is 5.92 Å². The van der Waals surface area contributed by atoms with Crippen molar-refractivity contribution in [2.45, 2.75) is 39.8 Å². The molecule has 0 amide bonds. The van der Waals surface area contributed by atoms with E-state index in [1.165, 1.54) is 9.08 Å². The van der Waals surface area contributed by atoms with Crippen LogP contribution in [0.4, 0.5) is 0 Å². The number of nitrogens with zero attached hydrogens (tertiary/aromatic N) is 4. The SMILES string of the molecule is CCNC(Cn1nc2cnccn2c1=O)C(C)CC. The monoisotopic (exact) mass is 263 g/mol. The van der Waals surface area contributed by atoms with Gasteiger partial charge in [-0.1, -0.05) is 27.2 Å². The molecular formula is C13H21N5O. The molecule has 19 heavy (non-hydrogen) atoms. The van der Waals surface area contributed by atoms with Gasteiger partial charge in [-0.2, -0.15) is 0 Å². The van der Waals surface area contributed by atoms with Crippen LogP contribution in [0.2, 0.25) is 0 Å². The molecule has 0 saturated carbocycles. The van der Waals surface area contributed by atoms with Gasteiger partial charge < -0.3 is 5.32 Å². The van der Waals surface area contributed by atoms with Gasteiger partial charge in [0.2, 0.25) is 0 Å². The number of hydrogen-bond acceptors (Lipinski definition) is 4.